The van der Waals surface area contributed by atoms with E-state index < -0.39 is 0 Å². The van der Waals surface area contributed by atoms with Crippen LogP contribution in [0.1, 0.15) is 28.8 Å². The Bertz CT molecular complexity index is 412. The number of hydrogen-bond donors (Lipinski definition) is 1. The van der Waals surface area contributed by atoms with Crippen LogP contribution in [0.25, 0.3) is 0 Å². The largest absolute Gasteiger partial charge is 0.390 e. The quantitative estimate of drug-likeness (QED) is 0.564. The van der Waals surface area contributed by atoms with E-state index in [4.69, 9.17) is 11.0 Å². The Morgan fingerprint density at radius 3 is 2.93 bits per heavy atom. The summed E-state index contributed by atoms with van der Waals surface area (Å²) in [6.45, 7) is 0. The molecule has 72 valence electrons. The predicted octanol–water partition coefficient (Wildman–Crippen LogP) is 2.12. The Labute approximate surface area is 86.9 Å². The van der Waals surface area contributed by atoms with Crippen LogP contribution in [0.3, 0.4) is 0 Å². The Morgan fingerprint density at radius 2 is 2.21 bits per heavy atom. The number of fused-ring (bicyclic) bond motifs is 1. The number of hydrogen-bond acceptors (Lipinski definition) is 3. The highest BCUT2D eigenvalue weighted by molar-refractivity contribution is 7.16. The second-order valence-electron chi connectivity index (χ2n) is 3.28. The average Bonchev–Trinajstić information content (AvgIpc) is 2.55. The highest BCUT2D eigenvalue weighted by Crippen LogP contribution is 2.38. The first-order valence-electron chi connectivity index (χ1n) is 4.65. The summed E-state index contributed by atoms with van der Waals surface area (Å²) in [5.74, 6) is 0. The minimum atomic E-state index is 0.742. The summed E-state index contributed by atoms with van der Waals surface area (Å²) in [7, 11) is 0. The molecule has 2 N–H and O–H groups in total. The number of nitrogens with zero attached hydrogens (tertiary/aromatic N) is 2. The Morgan fingerprint density at radius 1 is 1.43 bits per heavy atom. The van der Waals surface area contributed by atoms with Gasteiger partial charge in [0, 0.05) is 4.88 Å². The summed E-state index contributed by atoms with van der Waals surface area (Å²) in [6.07, 6.45) is 5.79. The zero-order valence-electron chi connectivity index (χ0n) is 7.79. The molecule has 0 radical (unpaired) electrons. The van der Waals surface area contributed by atoms with E-state index in [1.165, 1.54) is 29.6 Å². The highest BCUT2D eigenvalue weighted by Gasteiger charge is 2.19. The van der Waals surface area contributed by atoms with Gasteiger partial charge in [-0.15, -0.1) is 11.3 Å². The van der Waals surface area contributed by atoms with Crippen molar-refractivity contribution < 1.29 is 0 Å². The third-order valence-electron chi connectivity index (χ3n) is 2.46. The second kappa shape index (κ2) is 3.81. The van der Waals surface area contributed by atoms with Gasteiger partial charge in [0.1, 0.15) is 11.1 Å². The summed E-state index contributed by atoms with van der Waals surface area (Å²) >= 11 is 1.61. The topological polar surface area (TPSA) is 62.2 Å². The van der Waals surface area contributed by atoms with Crippen molar-refractivity contribution in [2.45, 2.75) is 25.7 Å². The van der Waals surface area contributed by atoms with E-state index in [0.717, 1.165) is 23.4 Å². The molecule has 0 aromatic carbocycles. The minimum Gasteiger partial charge on any atom is -0.390 e. The van der Waals surface area contributed by atoms with E-state index in [1.54, 1.807) is 11.3 Å². The zero-order valence-corrected chi connectivity index (χ0v) is 8.60. The Hall–Kier alpha value is -1.34. The molecule has 1 aromatic heterocycles. The maximum Gasteiger partial charge on any atom is 0.136 e. The lowest BCUT2D eigenvalue weighted by Gasteiger charge is -2.09. The standard InChI is InChI=1S/C10H11N3S/c11-5-8-7-3-1-2-4-9(7)14-10(8)13-6-12/h6H,1-4H2,(H2,12,13). The summed E-state index contributed by atoms with van der Waals surface area (Å²) in [4.78, 5) is 5.36. The van der Waals surface area contributed by atoms with Gasteiger partial charge in [-0.05, 0) is 31.2 Å². The van der Waals surface area contributed by atoms with Gasteiger partial charge >= 0.3 is 0 Å². The first kappa shape index (κ1) is 9.22. The van der Waals surface area contributed by atoms with E-state index in [1.807, 2.05) is 0 Å². The first-order chi connectivity index (χ1) is 6.86. The van der Waals surface area contributed by atoms with Crippen LogP contribution in [0.15, 0.2) is 4.99 Å². The molecule has 3 nitrogen and oxygen atoms in total. The molecule has 0 spiro atoms. The zero-order chi connectivity index (χ0) is 9.97. The predicted molar refractivity (Wildman–Crippen MR) is 58.0 cm³/mol. The molecule has 0 fully saturated rings. The minimum absolute atomic E-state index is 0.742. The fraction of sp³-hybridized carbons (Fsp3) is 0.400. The number of rotatable bonds is 1. The lowest BCUT2D eigenvalue weighted by atomic mass is 9.96. The van der Waals surface area contributed by atoms with Crippen LogP contribution >= 0.6 is 11.3 Å². The molecule has 0 atom stereocenters. The number of aryl methyl sites for hydroxylation is 1. The van der Waals surface area contributed by atoms with Gasteiger partial charge in [-0.25, -0.2) is 4.99 Å². The summed E-state index contributed by atoms with van der Waals surface area (Å²) < 4.78 is 0. The average molecular weight is 205 g/mol. The molecule has 0 saturated heterocycles. The number of nitrogens with two attached hydrogens (primary N) is 1. The van der Waals surface area contributed by atoms with E-state index in [-0.39, 0.29) is 0 Å². The fourth-order valence-corrected chi connectivity index (χ4v) is 3.02. The van der Waals surface area contributed by atoms with Crippen molar-refractivity contribution in [3.05, 3.63) is 16.0 Å². The van der Waals surface area contributed by atoms with Crippen molar-refractivity contribution in [2.75, 3.05) is 0 Å². The lowest BCUT2D eigenvalue weighted by molar-refractivity contribution is 0.696. The van der Waals surface area contributed by atoms with Gasteiger partial charge in [0.05, 0.1) is 11.9 Å². The smallest absolute Gasteiger partial charge is 0.136 e. The second-order valence-corrected chi connectivity index (χ2v) is 4.36. The maximum atomic E-state index is 9.03. The van der Waals surface area contributed by atoms with Gasteiger partial charge in [-0.2, -0.15) is 5.26 Å². The molecular weight excluding hydrogens is 194 g/mol. The van der Waals surface area contributed by atoms with Crippen LogP contribution in [0.5, 0.6) is 0 Å². The number of nitriles is 1. The van der Waals surface area contributed by atoms with Crippen molar-refractivity contribution in [3.8, 4) is 6.07 Å². The lowest BCUT2D eigenvalue weighted by Crippen LogP contribution is -1.99. The number of thiophene rings is 1. The van der Waals surface area contributed by atoms with Crippen LogP contribution in [-0.2, 0) is 12.8 Å². The molecule has 0 bridgehead atoms. The van der Waals surface area contributed by atoms with E-state index in [0.29, 0.717) is 0 Å². The summed E-state index contributed by atoms with van der Waals surface area (Å²) in [6, 6.07) is 2.23. The van der Waals surface area contributed by atoms with Gasteiger partial charge in [-0.3, -0.25) is 0 Å². The molecule has 1 aliphatic rings. The van der Waals surface area contributed by atoms with Crippen LogP contribution in [0.4, 0.5) is 5.00 Å². The van der Waals surface area contributed by atoms with Crippen molar-refractivity contribution in [3.63, 3.8) is 0 Å². The molecule has 1 aliphatic carbocycles. The molecule has 1 heterocycles. The van der Waals surface area contributed by atoms with Crippen LogP contribution < -0.4 is 5.73 Å². The molecule has 0 unspecified atom stereocenters. The summed E-state index contributed by atoms with van der Waals surface area (Å²) in [5.41, 5.74) is 7.20. The summed E-state index contributed by atoms with van der Waals surface area (Å²) in [5, 5.41) is 9.81. The molecule has 0 aliphatic heterocycles. The SMILES string of the molecule is N#Cc1c(/N=C\N)sc2c1CCCC2. The van der Waals surface area contributed by atoms with E-state index in [9.17, 15) is 0 Å². The molecular formula is C10H11N3S. The third kappa shape index (κ3) is 1.40. The third-order valence-corrected chi connectivity index (χ3v) is 3.66. The van der Waals surface area contributed by atoms with Gasteiger partial charge in [0.25, 0.3) is 0 Å². The van der Waals surface area contributed by atoms with E-state index >= 15 is 0 Å². The highest BCUT2D eigenvalue weighted by atomic mass is 32.1. The molecule has 0 saturated carbocycles. The molecule has 2 rings (SSSR count). The molecule has 4 heteroatoms. The van der Waals surface area contributed by atoms with Crippen LogP contribution in [0, 0.1) is 11.3 Å². The Kier molecular flexibility index (Phi) is 2.51. The Balaban J connectivity index is 2.53. The first-order valence-corrected chi connectivity index (χ1v) is 5.47. The van der Waals surface area contributed by atoms with Crippen molar-refractivity contribution in [1.82, 2.24) is 0 Å². The fourth-order valence-electron chi connectivity index (χ4n) is 1.83. The van der Waals surface area contributed by atoms with Gasteiger partial charge in [-0.1, -0.05) is 0 Å². The molecule has 0 amide bonds. The molecule has 14 heavy (non-hydrogen) atoms. The van der Waals surface area contributed by atoms with Crippen molar-refractivity contribution in [2.24, 2.45) is 10.7 Å². The number of aliphatic imine (C=N–C) groups is 1. The maximum absolute atomic E-state index is 9.03. The normalized spacial score (nSPS) is 15.4. The molecule has 1 aromatic rings. The van der Waals surface area contributed by atoms with Gasteiger partial charge in [0.15, 0.2) is 0 Å². The van der Waals surface area contributed by atoms with Crippen molar-refractivity contribution >= 4 is 22.7 Å². The van der Waals surface area contributed by atoms with E-state index in [2.05, 4.69) is 11.1 Å². The van der Waals surface area contributed by atoms with Crippen LogP contribution in [-0.4, -0.2) is 6.34 Å². The van der Waals surface area contributed by atoms with Crippen LogP contribution in [0.2, 0.25) is 0 Å². The van der Waals surface area contributed by atoms with Crippen molar-refractivity contribution in [1.29, 1.82) is 5.26 Å². The van der Waals surface area contributed by atoms with Gasteiger partial charge in [0.2, 0.25) is 0 Å². The van der Waals surface area contributed by atoms with Gasteiger partial charge < -0.3 is 5.73 Å². The monoisotopic (exact) mass is 205 g/mol.